The van der Waals surface area contributed by atoms with Crippen molar-refractivity contribution in [2.24, 2.45) is 0 Å². The Hall–Kier alpha value is -1.84. The average Bonchev–Trinajstić information content (AvgIpc) is 2.38. The summed E-state index contributed by atoms with van der Waals surface area (Å²) in [6.45, 7) is 0.901. The summed E-state index contributed by atoms with van der Waals surface area (Å²) in [4.78, 5) is 14.0. The number of aromatic nitrogens is 1. The monoisotopic (exact) mass is 324 g/mol. The van der Waals surface area contributed by atoms with Gasteiger partial charge in [0.05, 0.1) is 12.4 Å². The summed E-state index contributed by atoms with van der Waals surface area (Å²) >= 11 is 0. The van der Waals surface area contributed by atoms with Crippen LogP contribution in [0.1, 0.15) is 6.92 Å². The number of nitrogens with zero attached hydrogens (tertiary/aromatic N) is 2. The van der Waals surface area contributed by atoms with Gasteiger partial charge in [-0.2, -0.15) is 13.8 Å². The van der Waals surface area contributed by atoms with Crippen molar-refractivity contribution >= 4 is 21.5 Å². The molecule has 21 heavy (non-hydrogen) atoms. The molecule has 0 saturated heterocycles. The van der Waals surface area contributed by atoms with Crippen LogP contribution in [0.15, 0.2) is 4.90 Å². The summed E-state index contributed by atoms with van der Waals surface area (Å²) in [6.07, 6.45) is 0. The van der Waals surface area contributed by atoms with Crippen molar-refractivity contribution < 1.29 is 31.1 Å². The first kappa shape index (κ1) is 15.5. The highest BCUT2D eigenvalue weighted by atomic mass is 32.2. The van der Waals surface area contributed by atoms with Gasteiger partial charge in [0.1, 0.15) is 17.1 Å². The lowest BCUT2D eigenvalue weighted by molar-refractivity contribution is -0.141. The number of ether oxygens (including phenoxy) is 1. The van der Waals surface area contributed by atoms with E-state index in [9.17, 15) is 26.4 Å². The average molecular weight is 324 g/mol. The fourth-order valence-electron chi connectivity index (χ4n) is 2.00. The molecule has 0 unspecified atom stereocenters. The van der Waals surface area contributed by atoms with E-state index in [2.05, 4.69) is 9.72 Å². The Morgan fingerprint density at radius 3 is 2.62 bits per heavy atom. The number of hydrogen-bond donors (Lipinski definition) is 0. The minimum Gasteiger partial charge on any atom is -0.465 e. The van der Waals surface area contributed by atoms with Crippen molar-refractivity contribution in [3.8, 4) is 0 Å². The van der Waals surface area contributed by atoms with E-state index >= 15 is 0 Å². The van der Waals surface area contributed by atoms with Crippen LogP contribution in [0.5, 0.6) is 0 Å². The Bertz CT molecular complexity index is 693. The van der Waals surface area contributed by atoms with E-state index in [4.69, 9.17) is 0 Å². The minimum absolute atomic E-state index is 0.0797. The molecule has 1 aliphatic heterocycles. The molecule has 0 radical (unpaired) electrons. The number of carbonyl (C=O) groups excluding carboxylic acids is 1. The van der Waals surface area contributed by atoms with Crippen LogP contribution in [0.4, 0.5) is 18.9 Å². The van der Waals surface area contributed by atoms with Gasteiger partial charge in [0.15, 0.2) is 15.7 Å². The fourth-order valence-corrected chi connectivity index (χ4v) is 3.53. The molecule has 0 fully saturated rings. The number of anilines is 1. The minimum atomic E-state index is -4.19. The zero-order valence-electron chi connectivity index (χ0n) is 10.9. The predicted molar refractivity (Wildman–Crippen MR) is 65.0 cm³/mol. The van der Waals surface area contributed by atoms with Crippen LogP contribution in [0.25, 0.3) is 0 Å². The number of pyridine rings is 1. The van der Waals surface area contributed by atoms with E-state index in [1.165, 1.54) is 0 Å². The molecule has 10 heteroatoms. The van der Waals surface area contributed by atoms with E-state index in [1.807, 2.05) is 0 Å². The fraction of sp³-hybridized carbons (Fsp3) is 0.455. The maximum Gasteiger partial charge on any atom is 0.325 e. The summed E-state index contributed by atoms with van der Waals surface area (Å²) in [7, 11) is -4.19. The normalized spacial score (nSPS) is 16.5. The van der Waals surface area contributed by atoms with Gasteiger partial charge >= 0.3 is 5.97 Å². The molecule has 2 heterocycles. The van der Waals surface area contributed by atoms with Gasteiger partial charge in [0.2, 0.25) is 5.95 Å². The lowest BCUT2D eigenvalue weighted by atomic mass is 10.3. The third-order valence-electron chi connectivity index (χ3n) is 2.87. The number of rotatable bonds is 3. The third kappa shape index (κ3) is 2.80. The van der Waals surface area contributed by atoms with Crippen molar-refractivity contribution in [1.82, 2.24) is 4.98 Å². The van der Waals surface area contributed by atoms with E-state index < -0.39 is 56.4 Å². The van der Waals surface area contributed by atoms with Crippen LogP contribution < -0.4 is 4.90 Å². The number of halogens is 3. The largest absolute Gasteiger partial charge is 0.465 e. The first-order valence-electron chi connectivity index (χ1n) is 5.95. The highest BCUT2D eigenvalue weighted by Gasteiger charge is 2.37. The van der Waals surface area contributed by atoms with E-state index in [-0.39, 0.29) is 13.2 Å². The molecule has 1 aromatic heterocycles. The zero-order chi connectivity index (χ0) is 15.8. The van der Waals surface area contributed by atoms with Crippen molar-refractivity contribution in [2.45, 2.75) is 11.8 Å². The number of carbonyl (C=O) groups is 1. The van der Waals surface area contributed by atoms with Crippen LogP contribution in [-0.2, 0) is 19.4 Å². The van der Waals surface area contributed by atoms with Crippen LogP contribution >= 0.6 is 0 Å². The molecule has 0 atom stereocenters. The topological polar surface area (TPSA) is 76.6 Å². The molecule has 0 N–H and O–H groups in total. The molecule has 2 rings (SSSR count). The van der Waals surface area contributed by atoms with E-state index in [0.717, 1.165) is 4.90 Å². The van der Waals surface area contributed by atoms with Crippen molar-refractivity contribution in [2.75, 3.05) is 30.3 Å². The number of esters is 1. The highest BCUT2D eigenvalue weighted by Crippen LogP contribution is 2.35. The first-order valence-corrected chi connectivity index (χ1v) is 7.61. The lowest BCUT2D eigenvalue weighted by Crippen LogP contribution is -2.41. The molecule has 116 valence electrons. The predicted octanol–water partition coefficient (Wildman–Crippen LogP) is 0.656. The Morgan fingerprint density at radius 1 is 1.33 bits per heavy atom. The van der Waals surface area contributed by atoms with Crippen LogP contribution in [-0.4, -0.2) is 44.8 Å². The quantitative estimate of drug-likeness (QED) is 0.600. The van der Waals surface area contributed by atoms with Gasteiger partial charge in [-0.25, -0.2) is 12.8 Å². The Kier molecular flexibility index (Phi) is 4.08. The molecule has 0 spiro atoms. The number of sulfone groups is 1. The standard InChI is InChI=1S/C11H11F3N2O4S/c1-2-20-6(17)5-16-3-4-21(18,19)9-7(12)10(13)15-11(14)8(9)16/h2-5H2,1H3. The van der Waals surface area contributed by atoms with Crippen molar-refractivity contribution in [3.63, 3.8) is 0 Å². The van der Waals surface area contributed by atoms with Crippen molar-refractivity contribution in [3.05, 3.63) is 17.7 Å². The summed E-state index contributed by atoms with van der Waals surface area (Å²) < 4.78 is 68.9. The lowest BCUT2D eigenvalue weighted by Gasteiger charge is -2.30. The SMILES string of the molecule is CCOC(=O)CN1CCS(=O)(=O)c2c(F)c(F)nc(F)c21. The summed E-state index contributed by atoms with van der Waals surface area (Å²) in [5, 5.41) is 0. The summed E-state index contributed by atoms with van der Waals surface area (Å²) in [5.74, 6) is -6.39. The number of fused-ring (bicyclic) bond motifs is 1. The Morgan fingerprint density at radius 2 is 2.00 bits per heavy atom. The second-order valence-electron chi connectivity index (χ2n) is 4.23. The van der Waals surface area contributed by atoms with Crippen LogP contribution in [0, 0.1) is 17.7 Å². The molecular formula is C11H11F3N2O4S. The maximum absolute atomic E-state index is 13.8. The van der Waals surface area contributed by atoms with E-state index in [0.29, 0.717) is 0 Å². The Labute approximate surface area is 118 Å². The molecule has 1 aliphatic rings. The van der Waals surface area contributed by atoms with Gasteiger partial charge in [-0.1, -0.05) is 0 Å². The molecule has 6 nitrogen and oxygen atoms in total. The van der Waals surface area contributed by atoms with E-state index in [1.54, 1.807) is 6.92 Å². The second-order valence-corrected chi connectivity index (χ2v) is 6.28. The van der Waals surface area contributed by atoms with Gasteiger partial charge in [0, 0.05) is 6.54 Å². The van der Waals surface area contributed by atoms with Crippen LogP contribution in [0.2, 0.25) is 0 Å². The van der Waals surface area contributed by atoms with Gasteiger partial charge in [-0.15, -0.1) is 0 Å². The molecule has 1 aromatic rings. The molecule has 0 amide bonds. The molecule has 0 aromatic carbocycles. The van der Waals surface area contributed by atoms with Gasteiger partial charge in [-0.3, -0.25) is 4.79 Å². The summed E-state index contributed by atoms with van der Waals surface area (Å²) in [6, 6.07) is 0. The molecular weight excluding hydrogens is 313 g/mol. The van der Waals surface area contributed by atoms with Crippen LogP contribution in [0.3, 0.4) is 0 Å². The highest BCUT2D eigenvalue weighted by molar-refractivity contribution is 7.91. The smallest absolute Gasteiger partial charge is 0.325 e. The van der Waals surface area contributed by atoms with Gasteiger partial charge in [-0.05, 0) is 6.92 Å². The number of hydrogen-bond acceptors (Lipinski definition) is 6. The second kappa shape index (κ2) is 5.51. The molecule has 0 saturated carbocycles. The zero-order valence-corrected chi connectivity index (χ0v) is 11.7. The van der Waals surface area contributed by atoms with Crippen molar-refractivity contribution in [1.29, 1.82) is 0 Å². The van der Waals surface area contributed by atoms with Gasteiger partial charge in [0.25, 0.3) is 5.95 Å². The first-order chi connectivity index (χ1) is 9.77. The maximum atomic E-state index is 13.8. The summed E-state index contributed by atoms with van der Waals surface area (Å²) in [5.41, 5.74) is -0.742. The third-order valence-corrected chi connectivity index (χ3v) is 4.58. The molecule has 0 aliphatic carbocycles. The van der Waals surface area contributed by atoms with Gasteiger partial charge < -0.3 is 9.64 Å². The molecule has 0 bridgehead atoms. The Balaban J connectivity index is 2.54.